The van der Waals surface area contributed by atoms with Gasteiger partial charge in [-0.3, -0.25) is 4.79 Å². The normalized spacial score (nSPS) is 12.0. The topological polar surface area (TPSA) is 100 Å². The van der Waals surface area contributed by atoms with E-state index in [1.807, 2.05) is 49.4 Å². The van der Waals surface area contributed by atoms with E-state index < -0.39 is 6.10 Å². The predicted molar refractivity (Wildman–Crippen MR) is 120 cm³/mol. The van der Waals surface area contributed by atoms with Crippen molar-refractivity contribution in [2.75, 3.05) is 13.7 Å². The average Bonchev–Trinajstić information content (AvgIpc) is 3.26. The van der Waals surface area contributed by atoms with Gasteiger partial charge in [0.2, 0.25) is 5.88 Å². The van der Waals surface area contributed by atoms with Crippen LogP contribution in [0, 0.1) is 0 Å². The van der Waals surface area contributed by atoms with Gasteiger partial charge in [0.25, 0.3) is 5.91 Å². The van der Waals surface area contributed by atoms with Crippen LogP contribution in [0.3, 0.4) is 0 Å². The van der Waals surface area contributed by atoms with Gasteiger partial charge in [-0.25, -0.2) is 9.97 Å². The van der Waals surface area contributed by atoms with Gasteiger partial charge in [0.1, 0.15) is 5.82 Å². The molecule has 0 fully saturated rings. The molecule has 0 radical (unpaired) electrons. The van der Waals surface area contributed by atoms with Crippen molar-refractivity contribution in [3.63, 3.8) is 0 Å². The summed E-state index contributed by atoms with van der Waals surface area (Å²) in [7, 11) is 1.60. The van der Waals surface area contributed by atoms with E-state index in [2.05, 4.69) is 20.3 Å². The number of nitrogens with one attached hydrogen (secondary N) is 2. The van der Waals surface area contributed by atoms with Crippen LogP contribution in [0.15, 0.2) is 60.8 Å². The molecule has 2 heterocycles. The number of pyridine rings is 1. The summed E-state index contributed by atoms with van der Waals surface area (Å²) in [5.74, 6) is 1.04. The lowest BCUT2D eigenvalue weighted by atomic mass is 10.0. The van der Waals surface area contributed by atoms with Gasteiger partial charge in [-0.15, -0.1) is 0 Å². The van der Waals surface area contributed by atoms with Gasteiger partial charge in [0, 0.05) is 29.4 Å². The Bertz CT molecular complexity index is 1220. The minimum absolute atomic E-state index is 0.226. The number of H-pyrrole nitrogens is 1. The number of aromatic amines is 1. The highest BCUT2D eigenvalue weighted by atomic mass is 16.5. The average molecular weight is 416 g/mol. The second-order valence-electron chi connectivity index (χ2n) is 7.23. The van der Waals surface area contributed by atoms with Gasteiger partial charge >= 0.3 is 0 Å². The van der Waals surface area contributed by atoms with Gasteiger partial charge in [-0.1, -0.05) is 25.1 Å². The van der Waals surface area contributed by atoms with Crippen molar-refractivity contribution in [3.8, 4) is 28.4 Å². The van der Waals surface area contributed by atoms with Gasteiger partial charge in [0.05, 0.1) is 24.2 Å². The third-order valence-electron chi connectivity index (χ3n) is 5.13. The van der Waals surface area contributed by atoms with Crippen LogP contribution in [0.4, 0.5) is 0 Å². The number of nitrogens with zero attached hydrogens (tertiary/aromatic N) is 2. The first-order chi connectivity index (χ1) is 15.1. The maximum absolute atomic E-state index is 12.4. The zero-order chi connectivity index (χ0) is 21.8. The van der Waals surface area contributed by atoms with Crippen LogP contribution in [-0.2, 0) is 0 Å². The fourth-order valence-corrected chi connectivity index (χ4v) is 3.35. The van der Waals surface area contributed by atoms with E-state index >= 15 is 0 Å². The molecule has 4 rings (SSSR count). The number of fused-ring (bicyclic) bond motifs is 1. The number of carbonyl (C=O) groups is 1. The number of aromatic nitrogens is 3. The maximum Gasteiger partial charge on any atom is 0.251 e. The maximum atomic E-state index is 12.4. The highest BCUT2D eigenvalue weighted by Crippen LogP contribution is 2.31. The highest BCUT2D eigenvalue weighted by molar-refractivity contribution is 5.97. The second kappa shape index (κ2) is 8.97. The molecule has 1 amide bonds. The van der Waals surface area contributed by atoms with Gasteiger partial charge < -0.3 is 20.1 Å². The van der Waals surface area contributed by atoms with Crippen molar-refractivity contribution in [3.05, 3.63) is 66.4 Å². The van der Waals surface area contributed by atoms with E-state index in [0.29, 0.717) is 23.7 Å². The van der Waals surface area contributed by atoms with Crippen molar-refractivity contribution in [2.24, 2.45) is 0 Å². The van der Waals surface area contributed by atoms with Crippen molar-refractivity contribution in [2.45, 2.75) is 19.4 Å². The van der Waals surface area contributed by atoms with Crippen molar-refractivity contribution in [1.82, 2.24) is 20.3 Å². The van der Waals surface area contributed by atoms with E-state index in [1.165, 1.54) is 0 Å². The Morgan fingerprint density at radius 3 is 2.81 bits per heavy atom. The summed E-state index contributed by atoms with van der Waals surface area (Å²) >= 11 is 0. The van der Waals surface area contributed by atoms with E-state index in [0.717, 1.165) is 27.7 Å². The number of amides is 1. The SMILES string of the molecule is CCC(O)CNC(=O)c1ccc2nc(-c3cccc(-c4cccnc4OC)c3)[nH]c2c1. The molecule has 0 aliphatic carbocycles. The molecule has 31 heavy (non-hydrogen) atoms. The van der Waals surface area contributed by atoms with Crippen LogP contribution in [0.2, 0.25) is 0 Å². The summed E-state index contributed by atoms with van der Waals surface area (Å²) in [6.45, 7) is 2.10. The Morgan fingerprint density at radius 1 is 1.16 bits per heavy atom. The predicted octanol–water partition coefficient (Wildman–Crippen LogP) is 3.80. The second-order valence-corrected chi connectivity index (χ2v) is 7.23. The molecule has 0 bridgehead atoms. The molecule has 2 aromatic heterocycles. The molecule has 0 saturated carbocycles. The summed E-state index contributed by atoms with van der Waals surface area (Å²) in [6.07, 6.45) is 1.74. The monoisotopic (exact) mass is 416 g/mol. The van der Waals surface area contributed by atoms with Crippen molar-refractivity contribution < 1.29 is 14.6 Å². The minimum atomic E-state index is -0.544. The lowest BCUT2D eigenvalue weighted by molar-refractivity contribution is 0.0914. The summed E-state index contributed by atoms with van der Waals surface area (Å²) in [6, 6.07) is 17.1. The van der Waals surface area contributed by atoms with Crippen molar-refractivity contribution in [1.29, 1.82) is 0 Å². The number of rotatable bonds is 7. The number of carbonyl (C=O) groups excluding carboxylic acids is 1. The smallest absolute Gasteiger partial charge is 0.251 e. The Labute approximate surface area is 180 Å². The fourth-order valence-electron chi connectivity index (χ4n) is 3.35. The van der Waals surface area contributed by atoms with E-state index in [9.17, 15) is 9.90 Å². The zero-order valence-corrected chi connectivity index (χ0v) is 17.4. The largest absolute Gasteiger partial charge is 0.481 e. The number of ether oxygens (including phenoxy) is 1. The fraction of sp³-hybridized carbons (Fsp3) is 0.208. The minimum Gasteiger partial charge on any atom is -0.481 e. The first-order valence-electron chi connectivity index (χ1n) is 10.1. The molecule has 158 valence electrons. The van der Waals surface area contributed by atoms with E-state index in [1.54, 1.807) is 25.4 Å². The van der Waals surface area contributed by atoms with E-state index in [4.69, 9.17) is 4.74 Å². The van der Waals surface area contributed by atoms with Gasteiger partial charge in [-0.2, -0.15) is 0 Å². The molecule has 2 aromatic carbocycles. The van der Waals surface area contributed by atoms with Crippen LogP contribution in [0.25, 0.3) is 33.5 Å². The number of imidazole rings is 1. The molecule has 3 N–H and O–H groups in total. The summed E-state index contributed by atoms with van der Waals surface area (Å²) < 4.78 is 5.38. The molecule has 0 spiro atoms. The molecular weight excluding hydrogens is 392 g/mol. The Hall–Kier alpha value is -3.71. The van der Waals surface area contributed by atoms with Crippen LogP contribution in [0.1, 0.15) is 23.7 Å². The third kappa shape index (κ3) is 4.41. The molecular formula is C24H24N4O3. The number of methoxy groups -OCH3 is 1. The molecule has 1 unspecified atom stereocenters. The first-order valence-corrected chi connectivity index (χ1v) is 10.1. The van der Waals surface area contributed by atoms with Crippen LogP contribution in [-0.4, -0.2) is 45.7 Å². The quantitative estimate of drug-likeness (QED) is 0.425. The third-order valence-corrected chi connectivity index (χ3v) is 5.13. The Balaban J connectivity index is 1.63. The molecule has 0 aliphatic heterocycles. The lowest BCUT2D eigenvalue weighted by Crippen LogP contribution is -2.31. The molecule has 1 atom stereocenters. The van der Waals surface area contributed by atoms with E-state index in [-0.39, 0.29) is 12.5 Å². The Morgan fingerprint density at radius 2 is 2.00 bits per heavy atom. The van der Waals surface area contributed by atoms with Gasteiger partial charge in [-0.05, 0) is 48.4 Å². The number of hydrogen-bond donors (Lipinski definition) is 3. The summed E-state index contributed by atoms with van der Waals surface area (Å²) in [4.78, 5) is 24.6. The number of aliphatic hydroxyl groups is 1. The number of aliphatic hydroxyl groups excluding tert-OH is 1. The lowest BCUT2D eigenvalue weighted by Gasteiger charge is -2.09. The van der Waals surface area contributed by atoms with Crippen molar-refractivity contribution >= 4 is 16.9 Å². The Kier molecular flexibility index (Phi) is 5.95. The number of benzene rings is 2. The molecule has 7 heteroatoms. The molecule has 0 saturated heterocycles. The zero-order valence-electron chi connectivity index (χ0n) is 17.4. The molecule has 7 nitrogen and oxygen atoms in total. The summed E-state index contributed by atoms with van der Waals surface area (Å²) in [5, 5.41) is 12.4. The van der Waals surface area contributed by atoms with Crippen LogP contribution < -0.4 is 10.1 Å². The van der Waals surface area contributed by atoms with Crippen LogP contribution >= 0.6 is 0 Å². The molecule has 0 aliphatic rings. The summed E-state index contributed by atoms with van der Waals surface area (Å²) in [5.41, 5.74) is 4.83. The van der Waals surface area contributed by atoms with Gasteiger partial charge in [0.15, 0.2) is 0 Å². The van der Waals surface area contributed by atoms with Crippen LogP contribution in [0.5, 0.6) is 5.88 Å². The highest BCUT2D eigenvalue weighted by Gasteiger charge is 2.13. The number of hydrogen-bond acceptors (Lipinski definition) is 5. The first kappa shape index (κ1) is 20.6. The standard InChI is InChI=1S/C24H24N4O3/c1-3-18(29)14-26-23(30)17-9-10-20-21(13-17)28-22(27-20)16-7-4-6-15(12-16)19-8-5-11-25-24(19)31-2/h4-13,18,29H,3,14H2,1-2H3,(H,26,30)(H,27,28). The molecule has 4 aromatic rings.